The third-order valence-electron chi connectivity index (χ3n) is 3.59. The van der Waals surface area contributed by atoms with Crippen LogP contribution in [0, 0.1) is 0 Å². The Bertz CT molecular complexity index is 403. The highest BCUT2D eigenvalue weighted by atomic mass is 16.1. The van der Waals surface area contributed by atoms with Gasteiger partial charge in [0, 0.05) is 12.2 Å². The fourth-order valence-electron chi connectivity index (χ4n) is 2.43. The standard InChI is InChI=1S/C17H29N3O/c1-2-3-4-5-6-7-12-20(14-17(19)21)13-15-8-10-16(18)11-9-15/h8-11H,2-7,12-14,18H2,1H3,(H2,19,21). The maximum absolute atomic E-state index is 11.2. The molecule has 0 saturated carbocycles. The molecular formula is C17H29N3O. The summed E-state index contributed by atoms with van der Waals surface area (Å²) in [5, 5.41) is 0. The van der Waals surface area contributed by atoms with Crippen molar-refractivity contribution in [1.82, 2.24) is 4.90 Å². The molecule has 0 aromatic heterocycles. The molecule has 0 aliphatic rings. The van der Waals surface area contributed by atoms with Crippen LogP contribution in [-0.4, -0.2) is 23.9 Å². The van der Waals surface area contributed by atoms with E-state index in [0.29, 0.717) is 6.54 Å². The first-order valence-corrected chi connectivity index (χ1v) is 7.97. The van der Waals surface area contributed by atoms with Crippen LogP contribution in [0.5, 0.6) is 0 Å². The molecule has 4 N–H and O–H groups in total. The number of nitrogens with zero attached hydrogens (tertiary/aromatic N) is 1. The Balaban J connectivity index is 2.36. The van der Waals surface area contributed by atoms with Crippen molar-refractivity contribution in [2.75, 3.05) is 18.8 Å². The molecule has 21 heavy (non-hydrogen) atoms. The number of unbranched alkanes of at least 4 members (excludes halogenated alkanes) is 5. The van der Waals surface area contributed by atoms with Crippen LogP contribution in [0.15, 0.2) is 24.3 Å². The van der Waals surface area contributed by atoms with Crippen molar-refractivity contribution in [3.8, 4) is 0 Å². The second-order valence-electron chi connectivity index (χ2n) is 5.69. The average molecular weight is 291 g/mol. The highest BCUT2D eigenvalue weighted by Crippen LogP contribution is 2.10. The average Bonchev–Trinajstić information content (AvgIpc) is 2.44. The SMILES string of the molecule is CCCCCCCCN(CC(N)=O)Cc1ccc(N)cc1. The number of rotatable bonds is 11. The first-order chi connectivity index (χ1) is 10.1. The lowest BCUT2D eigenvalue weighted by molar-refractivity contribution is -0.119. The number of anilines is 1. The van der Waals surface area contributed by atoms with Crippen LogP contribution >= 0.6 is 0 Å². The molecule has 1 amide bonds. The second-order valence-corrected chi connectivity index (χ2v) is 5.69. The summed E-state index contributed by atoms with van der Waals surface area (Å²) in [7, 11) is 0. The van der Waals surface area contributed by atoms with Gasteiger partial charge in [-0.1, -0.05) is 51.2 Å². The molecule has 0 spiro atoms. The molecule has 118 valence electrons. The summed E-state index contributed by atoms with van der Waals surface area (Å²) in [5.74, 6) is -0.267. The van der Waals surface area contributed by atoms with E-state index in [9.17, 15) is 4.79 Å². The van der Waals surface area contributed by atoms with E-state index in [1.165, 1.54) is 32.1 Å². The topological polar surface area (TPSA) is 72.3 Å². The predicted molar refractivity (Wildman–Crippen MR) is 88.7 cm³/mol. The fourth-order valence-corrected chi connectivity index (χ4v) is 2.43. The molecule has 0 atom stereocenters. The number of amides is 1. The van der Waals surface area contributed by atoms with Crippen molar-refractivity contribution < 1.29 is 4.79 Å². The number of primary amides is 1. The molecule has 0 aliphatic carbocycles. The van der Waals surface area contributed by atoms with Gasteiger partial charge in [-0.3, -0.25) is 9.69 Å². The minimum absolute atomic E-state index is 0.267. The molecule has 0 heterocycles. The van der Waals surface area contributed by atoms with Gasteiger partial charge in [0.05, 0.1) is 6.54 Å². The minimum Gasteiger partial charge on any atom is -0.399 e. The molecule has 0 saturated heterocycles. The number of benzene rings is 1. The molecule has 0 aliphatic heterocycles. The van der Waals surface area contributed by atoms with Gasteiger partial charge in [-0.15, -0.1) is 0 Å². The van der Waals surface area contributed by atoms with E-state index in [2.05, 4.69) is 11.8 Å². The molecule has 4 heteroatoms. The first-order valence-electron chi connectivity index (χ1n) is 7.97. The third kappa shape index (κ3) is 8.35. The van der Waals surface area contributed by atoms with E-state index < -0.39 is 0 Å². The lowest BCUT2D eigenvalue weighted by atomic mass is 10.1. The fraction of sp³-hybridized carbons (Fsp3) is 0.588. The normalized spacial score (nSPS) is 11.0. The highest BCUT2D eigenvalue weighted by Gasteiger charge is 2.09. The van der Waals surface area contributed by atoms with Crippen molar-refractivity contribution in [3.05, 3.63) is 29.8 Å². The van der Waals surface area contributed by atoms with Crippen LogP contribution < -0.4 is 11.5 Å². The summed E-state index contributed by atoms with van der Waals surface area (Å²) >= 11 is 0. The summed E-state index contributed by atoms with van der Waals surface area (Å²) in [6.45, 7) is 4.21. The molecule has 1 aromatic carbocycles. The maximum Gasteiger partial charge on any atom is 0.231 e. The molecule has 0 unspecified atom stereocenters. The van der Waals surface area contributed by atoms with Crippen molar-refractivity contribution in [1.29, 1.82) is 0 Å². The highest BCUT2D eigenvalue weighted by molar-refractivity contribution is 5.75. The first kappa shape index (κ1) is 17.5. The number of hydrogen-bond donors (Lipinski definition) is 2. The molecule has 0 bridgehead atoms. The van der Waals surface area contributed by atoms with Crippen molar-refractivity contribution in [2.24, 2.45) is 5.73 Å². The Morgan fingerprint density at radius 1 is 1.05 bits per heavy atom. The minimum atomic E-state index is -0.267. The summed E-state index contributed by atoms with van der Waals surface area (Å²) in [4.78, 5) is 13.3. The largest absolute Gasteiger partial charge is 0.399 e. The monoisotopic (exact) mass is 291 g/mol. The molecule has 0 fully saturated rings. The zero-order valence-corrected chi connectivity index (χ0v) is 13.2. The summed E-state index contributed by atoms with van der Waals surface area (Å²) < 4.78 is 0. The van der Waals surface area contributed by atoms with Gasteiger partial charge >= 0.3 is 0 Å². The number of carbonyl (C=O) groups is 1. The third-order valence-corrected chi connectivity index (χ3v) is 3.59. The van der Waals surface area contributed by atoms with Crippen LogP contribution in [0.25, 0.3) is 0 Å². The zero-order valence-electron chi connectivity index (χ0n) is 13.2. The molecule has 0 radical (unpaired) electrons. The lowest BCUT2D eigenvalue weighted by Gasteiger charge is -2.20. The van der Waals surface area contributed by atoms with E-state index in [1.54, 1.807) is 0 Å². The maximum atomic E-state index is 11.2. The van der Waals surface area contributed by atoms with E-state index in [0.717, 1.165) is 30.8 Å². The van der Waals surface area contributed by atoms with Crippen LogP contribution in [-0.2, 0) is 11.3 Å². The Hall–Kier alpha value is -1.55. The summed E-state index contributed by atoms with van der Waals surface area (Å²) in [5.41, 5.74) is 13.0. The number of nitrogen functional groups attached to an aromatic ring is 1. The molecular weight excluding hydrogens is 262 g/mol. The van der Waals surface area contributed by atoms with E-state index >= 15 is 0 Å². The van der Waals surface area contributed by atoms with Crippen molar-refractivity contribution in [2.45, 2.75) is 52.0 Å². The zero-order chi connectivity index (χ0) is 15.5. The van der Waals surface area contributed by atoms with Crippen LogP contribution in [0.4, 0.5) is 5.69 Å². The molecule has 1 rings (SSSR count). The quantitative estimate of drug-likeness (QED) is 0.486. The predicted octanol–water partition coefficient (Wildman–Crippen LogP) is 2.92. The lowest BCUT2D eigenvalue weighted by Crippen LogP contribution is -2.34. The summed E-state index contributed by atoms with van der Waals surface area (Å²) in [6.07, 6.45) is 7.51. The van der Waals surface area contributed by atoms with Gasteiger partial charge in [-0.25, -0.2) is 0 Å². The van der Waals surface area contributed by atoms with Gasteiger partial charge in [-0.05, 0) is 30.7 Å². The number of nitrogens with two attached hydrogens (primary N) is 2. The Labute approximate surface area is 128 Å². The van der Waals surface area contributed by atoms with Crippen LogP contribution in [0.1, 0.15) is 51.0 Å². The van der Waals surface area contributed by atoms with Gasteiger partial charge in [0.15, 0.2) is 0 Å². The van der Waals surface area contributed by atoms with Crippen LogP contribution in [0.3, 0.4) is 0 Å². The van der Waals surface area contributed by atoms with Crippen molar-refractivity contribution >= 4 is 11.6 Å². The van der Waals surface area contributed by atoms with Gasteiger partial charge in [0.25, 0.3) is 0 Å². The Morgan fingerprint density at radius 3 is 2.29 bits per heavy atom. The Morgan fingerprint density at radius 2 is 1.67 bits per heavy atom. The van der Waals surface area contributed by atoms with Gasteiger partial charge in [0.2, 0.25) is 5.91 Å². The van der Waals surface area contributed by atoms with E-state index in [4.69, 9.17) is 11.5 Å². The van der Waals surface area contributed by atoms with Gasteiger partial charge in [0.1, 0.15) is 0 Å². The molecule has 4 nitrogen and oxygen atoms in total. The second kappa shape index (κ2) is 10.2. The van der Waals surface area contributed by atoms with E-state index in [-0.39, 0.29) is 5.91 Å². The number of carbonyl (C=O) groups excluding carboxylic acids is 1. The van der Waals surface area contributed by atoms with Crippen LogP contribution in [0.2, 0.25) is 0 Å². The van der Waals surface area contributed by atoms with Gasteiger partial charge < -0.3 is 11.5 Å². The number of hydrogen-bond acceptors (Lipinski definition) is 3. The van der Waals surface area contributed by atoms with E-state index in [1.807, 2.05) is 24.3 Å². The smallest absolute Gasteiger partial charge is 0.231 e. The summed E-state index contributed by atoms with van der Waals surface area (Å²) in [6, 6.07) is 7.79. The molecule has 1 aromatic rings. The van der Waals surface area contributed by atoms with Crippen molar-refractivity contribution in [3.63, 3.8) is 0 Å². The van der Waals surface area contributed by atoms with Gasteiger partial charge in [-0.2, -0.15) is 0 Å². The Kier molecular flexibility index (Phi) is 8.51.